The zero-order valence-electron chi connectivity index (χ0n) is 33.8. The summed E-state index contributed by atoms with van der Waals surface area (Å²) in [6.07, 6.45) is 0. The van der Waals surface area contributed by atoms with Crippen LogP contribution in [0.5, 0.6) is 34.5 Å². The fourth-order valence-corrected chi connectivity index (χ4v) is 8.63. The van der Waals surface area contributed by atoms with E-state index in [1.165, 1.54) is 0 Å². The largest absolute Gasteiger partial charge is 0.530 e. The van der Waals surface area contributed by atoms with Crippen LogP contribution in [0.15, 0.2) is 136 Å². The smallest absolute Gasteiger partial charge is 0.497 e. The number of para-hydroxylation sites is 4. The maximum Gasteiger partial charge on any atom is 0.530 e. The molecule has 57 heavy (non-hydrogen) atoms. The monoisotopic (exact) mass is 802 g/mol. The first-order valence-electron chi connectivity index (χ1n) is 18.7. The summed E-state index contributed by atoms with van der Waals surface area (Å²) in [4.78, 5) is 0. The summed E-state index contributed by atoms with van der Waals surface area (Å²) in [6.45, 7) is 14.8. The zero-order chi connectivity index (χ0) is 40.3. The molecule has 8 nitrogen and oxygen atoms in total. The van der Waals surface area contributed by atoms with Gasteiger partial charge in [0, 0.05) is 33.0 Å². The van der Waals surface area contributed by atoms with Gasteiger partial charge in [-0.15, -0.1) is 0 Å². The van der Waals surface area contributed by atoms with E-state index in [1.807, 2.05) is 134 Å². The number of methoxy groups -OCH3 is 2. The van der Waals surface area contributed by atoms with Gasteiger partial charge in [-0.05, 0) is 77.9 Å². The lowest BCUT2D eigenvalue weighted by Crippen LogP contribution is -2.16. The summed E-state index contributed by atoms with van der Waals surface area (Å²) in [5.74, 6) is 3.63. The van der Waals surface area contributed by atoms with Crippen molar-refractivity contribution in [2.24, 2.45) is 0 Å². The second-order valence-corrected chi connectivity index (χ2v) is 17.7. The molecule has 1 heterocycles. The molecule has 0 radical (unpaired) electrons. The van der Waals surface area contributed by atoms with Gasteiger partial charge in [-0.2, -0.15) is 0 Å². The normalized spacial score (nSPS) is 12.2. The van der Waals surface area contributed by atoms with Crippen molar-refractivity contribution < 1.29 is 36.0 Å². The Labute approximate surface area is 336 Å². The van der Waals surface area contributed by atoms with Gasteiger partial charge in [0.1, 0.15) is 45.7 Å². The van der Waals surface area contributed by atoms with Crippen LogP contribution >= 0.6 is 16.8 Å². The van der Waals surface area contributed by atoms with Crippen LogP contribution in [-0.4, -0.2) is 14.2 Å². The number of rotatable bonds is 11. The van der Waals surface area contributed by atoms with E-state index in [1.54, 1.807) is 14.2 Å². The molecule has 1 atom stereocenters. The minimum Gasteiger partial charge on any atom is -0.497 e. The first kappa shape index (κ1) is 39.7. The second kappa shape index (κ2) is 16.5. The highest BCUT2D eigenvalue weighted by Gasteiger charge is 2.33. The van der Waals surface area contributed by atoms with Gasteiger partial charge in [0.15, 0.2) is 0 Å². The van der Waals surface area contributed by atoms with Crippen LogP contribution in [-0.2, 0) is 10.8 Å². The van der Waals surface area contributed by atoms with Gasteiger partial charge < -0.3 is 36.0 Å². The number of fused-ring (bicyclic) bond motifs is 3. The van der Waals surface area contributed by atoms with E-state index >= 15 is 0 Å². The SMILES string of the molecule is COc1cc(-c2cc(OC)cc(C(C)(C)C)c2Op2oc3ccccc3c3ccccc3o2)c(OP(Oc2ccccc2)Oc2ccccc2C)c(C(C)(C)C)c1. The number of ether oxygens (including phenoxy) is 2. The topological polar surface area (TPSA) is 81.7 Å². The molecule has 0 aliphatic heterocycles. The Bertz CT molecular complexity index is 2490. The first-order valence-corrected chi connectivity index (χ1v) is 20.9. The van der Waals surface area contributed by atoms with Crippen molar-refractivity contribution in [1.82, 2.24) is 0 Å². The third-order valence-corrected chi connectivity index (χ3v) is 11.5. The predicted molar refractivity (Wildman–Crippen MR) is 231 cm³/mol. The Morgan fingerprint density at radius 3 is 1.54 bits per heavy atom. The first-order chi connectivity index (χ1) is 27.3. The van der Waals surface area contributed by atoms with Crippen LogP contribution in [0.4, 0.5) is 0 Å². The molecule has 0 aliphatic rings. The summed E-state index contributed by atoms with van der Waals surface area (Å²) in [5.41, 5.74) is 4.55. The summed E-state index contributed by atoms with van der Waals surface area (Å²) >= 11 is 0. The number of benzene rings is 6. The lowest BCUT2D eigenvalue weighted by Gasteiger charge is -2.29. The molecule has 0 aliphatic carbocycles. The van der Waals surface area contributed by atoms with E-state index in [-0.39, 0.29) is 0 Å². The minimum atomic E-state index is -2.08. The molecule has 7 aromatic rings. The van der Waals surface area contributed by atoms with E-state index in [2.05, 4.69) is 41.5 Å². The Balaban J connectivity index is 1.50. The van der Waals surface area contributed by atoms with Gasteiger partial charge in [-0.3, -0.25) is 0 Å². The average molecular weight is 803 g/mol. The van der Waals surface area contributed by atoms with Crippen molar-refractivity contribution in [3.63, 3.8) is 0 Å². The Kier molecular flexibility index (Phi) is 11.5. The van der Waals surface area contributed by atoms with E-state index in [4.69, 9.17) is 36.0 Å². The van der Waals surface area contributed by atoms with Gasteiger partial charge in [0.2, 0.25) is 0 Å². The molecule has 1 unspecified atom stereocenters. The maximum absolute atomic E-state index is 7.09. The number of hydrogen-bond donors (Lipinski definition) is 0. The van der Waals surface area contributed by atoms with Crippen molar-refractivity contribution in [2.75, 3.05) is 14.2 Å². The molecular weight excluding hydrogens is 754 g/mol. The Morgan fingerprint density at radius 1 is 0.509 bits per heavy atom. The van der Waals surface area contributed by atoms with Crippen LogP contribution in [0.25, 0.3) is 33.1 Å². The van der Waals surface area contributed by atoms with Crippen LogP contribution in [0.1, 0.15) is 58.2 Å². The van der Waals surface area contributed by atoms with Crippen molar-refractivity contribution >= 4 is 38.8 Å². The van der Waals surface area contributed by atoms with Crippen molar-refractivity contribution in [2.45, 2.75) is 59.3 Å². The van der Waals surface area contributed by atoms with Crippen LogP contribution in [0, 0.1) is 6.92 Å². The van der Waals surface area contributed by atoms with E-state index in [0.29, 0.717) is 56.8 Å². The molecule has 294 valence electrons. The van der Waals surface area contributed by atoms with E-state index < -0.39 is 27.7 Å². The maximum atomic E-state index is 7.09. The standard InChI is InChI=1S/C47H48O8P2/c1-31-19-13-16-24-41(31)51-56(50-32-20-11-10-12-21-32)54-44-37(27-33(48-8)29-39(44)46(2,3)4)38-28-34(49-9)30-40(47(5,6)7)45(38)55-57-52-42-25-17-14-22-35(42)36-23-15-18-26-43(36)53-57/h10-30H,1-9H3. The molecule has 7 rings (SSSR count). The summed E-state index contributed by atoms with van der Waals surface area (Å²) in [7, 11) is -0.784. The molecule has 0 amide bonds. The van der Waals surface area contributed by atoms with Crippen molar-refractivity contribution in [3.05, 3.63) is 144 Å². The highest BCUT2D eigenvalue weighted by molar-refractivity contribution is 7.43. The quantitative estimate of drug-likeness (QED) is 0.120. The Morgan fingerprint density at radius 2 is 1.00 bits per heavy atom. The molecule has 0 spiro atoms. The van der Waals surface area contributed by atoms with Gasteiger partial charge in [-0.1, -0.05) is 114 Å². The molecule has 6 aromatic carbocycles. The molecule has 1 aromatic heterocycles. The van der Waals surface area contributed by atoms with Gasteiger partial charge in [0.05, 0.1) is 14.2 Å². The summed E-state index contributed by atoms with van der Waals surface area (Å²) in [5, 5.41) is 1.85. The van der Waals surface area contributed by atoms with Gasteiger partial charge in [-0.25, -0.2) is 0 Å². The number of hydrogen-bond acceptors (Lipinski definition) is 8. The fraction of sp³-hybridized carbons (Fsp3) is 0.234. The van der Waals surface area contributed by atoms with Crippen LogP contribution < -0.4 is 27.6 Å². The molecule has 0 fully saturated rings. The predicted octanol–water partition coefficient (Wildman–Crippen LogP) is 14.5. The lowest BCUT2D eigenvalue weighted by molar-refractivity contribution is 0.379. The highest BCUT2D eigenvalue weighted by atomic mass is 31.2. The third-order valence-electron chi connectivity index (χ3n) is 9.43. The second-order valence-electron chi connectivity index (χ2n) is 15.7. The fourth-order valence-electron chi connectivity index (χ4n) is 6.42. The van der Waals surface area contributed by atoms with Gasteiger partial charge in [0.25, 0.3) is 0 Å². The summed E-state index contributed by atoms with van der Waals surface area (Å²) in [6, 6.07) is 41.1. The van der Waals surface area contributed by atoms with E-state index in [9.17, 15) is 0 Å². The molecular formula is C47H48O8P2. The molecule has 0 N–H and O–H groups in total. The Hall–Kier alpha value is -5.55. The number of aryl methyl sites for hydroxylation is 1. The lowest BCUT2D eigenvalue weighted by atomic mass is 9.81. The van der Waals surface area contributed by atoms with Crippen molar-refractivity contribution in [1.29, 1.82) is 0 Å². The van der Waals surface area contributed by atoms with Crippen LogP contribution in [0.3, 0.4) is 0 Å². The van der Waals surface area contributed by atoms with E-state index in [0.717, 1.165) is 27.5 Å². The summed E-state index contributed by atoms with van der Waals surface area (Å²) < 4.78 is 52.5. The third kappa shape index (κ3) is 8.89. The molecule has 0 saturated heterocycles. The highest BCUT2D eigenvalue weighted by Crippen LogP contribution is 2.55. The molecule has 0 saturated carbocycles. The van der Waals surface area contributed by atoms with Gasteiger partial charge >= 0.3 is 16.8 Å². The van der Waals surface area contributed by atoms with Crippen molar-refractivity contribution in [3.8, 4) is 45.6 Å². The molecule has 10 heteroatoms. The zero-order valence-corrected chi connectivity index (χ0v) is 35.6. The average Bonchev–Trinajstić information content (AvgIpc) is 3.34. The molecule has 0 bridgehead atoms. The van der Waals surface area contributed by atoms with Crippen LogP contribution in [0.2, 0.25) is 0 Å². The minimum absolute atomic E-state index is 0.417.